The van der Waals surface area contributed by atoms with Gasteiger partial charge in [-0.1, -0.05) is 54.6 Å². The van der Waals surface area contributed by atoms with Crippen molar-refractivity contribution in [3.8, 4) is 11.1 Å². The quantitative estimate of drug-likeness (QED) is 0.232. The molecule has 0 saturated carbocycles. The van der Waals surface area contributed by atoms with Crippen molar-refractivity contribution >= 4 is 38.2 Å². The number of piperazine rings is 1. The minimum absolute atomic E-state index is 0.0642. The number of nitrogens with zero attached hydrogens (tertiary/aromatic N) is 3. The zero-order valence-corrected chi connectivity index (χ0v) is 24.7. The van der Waals surface area contributed by atoms with Crippen molar-refractivity contribution in [2.75, 3.05) is 36.6 Å². The molecule has 4 aromatic carbocycles. The van der Waals surface area contributed by atoms with E-state index in [1.165, 1.54) is 11.6 Å². The van der Waals surface area contributed by atoms with Gasteiger partial charge in [-0.2, -0.15) is 0 Å². The van der Waals surface area contributed by atoms with Crippen molar-refractivity contribution in [2.24, 2.45) is 0 Å². The number of anilines is 2. The van der Waals surface area contributed by atoms with Crippen molar-refractivity contribution in [3.05, 3.63) is 120 Å². The van der Waals surface area contributed by atoms with Crippen LogP contribution in [0.15, 0.2) is 114 Å². The maximum absolute atomic E-state index is 13.6. The van der Waals surface area contributed by atoms with Crippen molar-refractivity contribution in [3.63, 3.8) is 0 Å². The number of fused-ring (bicyclic) bond motifs is 1. The van der Waals surface area contributed by atoms with E-state index in [2.05, 4.69) is 33.7 Å². The van der Waals surface area contributed by atoms with Gasteiger partial charge >= 0.3 is 0 Å². The predicted octanol–water partition coefficient (Wildman–Crippen LogP) is 5.80. The minimum Gasteiger partial charge on any atom is -0.399 e. The third kappa shape index (κ3) is 5.95. The largest absolute Gasteiger partial charge is 0.399 e. The second-order valence-electron chi connectivity index (χ2n) is 10.7. The lowest BCUT2D eigenvalue weighted by atomic mass is 10.0. The molecule has 1 amide bonds. The highest BCUT2D eigenvalue weighted by molar-refractivity contribution is 7.92. The Morgan fingerprint density at radius 1 is 0.837 bits per heavy atom. The van der Waals surface area contributed by atoms with Gasteiger partial charge in [0, 0.05) is 71.9 Å². The molecular formula is C34H33N5O3S. The Labute approximate surface area is 251 Å². The fourth-order valence-corrected chi connectivity index (χ4v) is 6.90. The van der Waals surface area contributed by atoms with E-state index in [0.717, 1.165) is 18.5 Å². The summed E-state index contributed by atoms with van der Waals surface area (Å²) in [6.45, 7) is 5.03. The summed E-state index contributed by atoms with van der Waals surface area (Å²) >= 11 is 0. The molecule has 218 valence electrons. The maximum Gasteiger partial charge on any atom is 0.262 e. The first-order valence-electron chi connectivity index (χ1n) is 14.2. The van der Waals surface area contributed by atoms with Crippen LogP contribution < -0.4 is 10.5 Å². The third-order valence-electron chi connectivity index (χ3n) is 8.03. The number of sulfonamides is 1. The Balaban J connectivity index is 1.17. The van der Waals surface area contributed by atoms with Gasteiger partial charge in [-0.15, -0.1) is 0 Å². The Hall–Kier alpha value is -4.73. The highest BCUT2D eigenvalue weighted by Crippen LogP contribution is 2.34. The van der Waals surface area contributed by atoms with Gasteiger partial charge in [0.25, 0.3) is 15.9 Å². The summed E-state index contributed by atoms with van der Waals surface area (Å²) in [4.78, 5) is 22.1. The van der Waals surface area contributed by atoms with Crippen molar-refractivity contribution in [1.82, 2.24) is 14.8 Å². The molecule has 2 heterocycles. The van der Waals surface area contributed by atoms with E-state index < -0.39 is 10.0 Å². The minimum atomic E-state index is -4.00. The molecule has 1 fully saturated rings. The average molecular weight is 592 g/mol. The lowest BCUT2D eigenvalue weighted by Gasteiger charge is -2.38. The molecule has 1 aliphatic heterocycles. The molecule has 1 atom stereocenters. The second-order valence-corrected chi connectivity index (χ2v) is 12.4. The summed E-state index contributed by atoms with van der Waals surface area (Å²) in [6.07, 6.45) is 1.68. The smallest absolute Gasteiger partial charge is 0.262 e. The van der Waals surface area contributed by atoms with E-state index >= 15 is 0 Å². The third-order valence-corrected chi connectivity index (χ3v) is 9.47. The summed E-state index contributed by atoms with van der Waals surface area (Å²) in [5, 5.41) is 0.895. The molecule has 0 unspecified atom stereocenters. The number of aromatic nitrogens is 1. The van der Waals surface area contributed by atoms with E-state index in [9.17, 15) is 13.2 Å². The van der Waals surface area contributed by atoms with E-state index in [0.29, 0.717) is 46.7 Å². The van der Waals surface area contributed by atoms with Gasteiger partial charge in [-0.05, 0) is 61.0 Å². The molecule has 1 saturated heterocycles. The van der Waals surface area contributed by atoms with Gasteiger partial charge in [0.1, 0.15) is 0 Å². The first-order valence-corrected chi connectivity index (χ1v) is 15.7. The number of amides is 1. The molecule has 0 bridgehead atoms. The number of benzene rings is 4. The number of nitrogens with one attached hydrogen (secondary N) is 1. The van der Waals surface area contributed by atoms with Gasteiger partial charge < -0.3 is 10.6 Å². The molecule has 0 spiro atoms. The van der Waals surface area contributed by atoms with Crippen LogP contribution in [0.3, 0.4) is 0 Å². The highest BCUT2D eigenvalue weighted by atomic mass is 32.2. The fourth-order valence-electron chi connectivity index (χ4n) is 5.64. The number of nitrogens with two attached hydrogens (primary N) is 1. The molecule has 1 aliphatic rings. The summed E-state index contributed by atoms with van der Waals surface area (Å²) in [7, 11) is -4.00. The zero-order chi connectivity index (χ0) is 30.0. The topological polar surface area (TPSA) is 109 Å². The molecule has 0 aliphatic carbocycles. The van der Waals surface area contributed by atoms with Gasteiger partial charge in [0.2, 0.25) is 0 Å². The van der Waals surface area contributed by atoms with Gasteiger partial charge in [0.05, 0.1) is 10.4 Å². The van der Waals surface area contributed by atoms with Crippen molar-refractivity contribution in [2.45, 2.75) is 17.9 Å². The molecule has 3 N–H and O–H groups in total. The lowest BCUT2D eigenvalue weighted by Crippen LogP contribution is -2.49. The zero-order valence-electron chi connectivity index (χ0n) is 23.9. The van der Waals surface area contributed by atoms with Crippen LogP contribution in [0, 0.1) is 0 Å². The second kappa shape index (κ2) is 11.9. The Morgan fingerprint density at radius 2 is 1.56 bits per heavy atom. The number of carbonyl (C=O) groups excluding carboxylic acids is 1. The van der Waals surface area contributed by atoms with Crippen LogP contribution in [0.5, 0.6) is 0 Å². The Bertz CT molecular complexity index is 1870. The molecule has 1 aromatic heterocycles. The number of carbonyl (C=O) groups is 1. The van der Waals surface area contributed by atoms with Gasteiger partial charge in [-0.25, -0.2) is 8.42 Å². The van der Waals surface area contributed by atoms with Crippen LogP contribution in [-0.4, -0.2) is 55.3 Å². The Morgan fingerprint density at radius 3 is 2.30 bits per heavy atom. The average Bonchev–Trinajstić information content (AvgIpc) is 3.04. The highest BCUT2D eigenvalue weighted by Gasteiger charge is 2.26. The first-order chi connectivity index (χ1) is 20.8. The number of hydrogen-bond donors (Lipinski definition) is 2. The number of nitrogen functional groups attached to an aromatic ring is 1. The van der Waals surface area contributed by atoms with E-state index in [4.69, 9.17) is 5.73 Å². The normalized spacial score (nSPS) is 14.9. The van der Waals surface area contributed by atoms with Crippen LogP contribution in [0.25, 0.3) is 22.0 Å². The summed E-state index contributed by atoms with van der Waals surface area (Å²) in [5.41, 5.74) is 10.5. The number of pyridine rings is 1. The molecule has 43 heavy (non-hydrogen) atoms. The van der Waals surface area contributed by atoms with Gasteiger partial charge in [-0.3, -0.25) is 19.4 Å². The monoisotopic (exact) mass is 591 g/mol. The van der Waals surface area contributed by atoms with E-state index in [1.54, 1.807) is 42.6 Å². The summed E-state index contributed by atoms with van der Waals surface area (Å²) < 4.78 is 30.0. The number of para-hydroxylation sites is 1. The Kier molecular flexibility index (Phi) is 7.84. The van der Waals surface area contributed by atoms with Crippen LogP contribution in [0.4, 0.5) is 11.4 Å². The lowest BCUT2D eigenvalue weighted by molar-refractivity contribution is 0.0582. The number of rotatable bonds is 7. The SMILES string of the molecule is C[C@@H](c1ccccc1)N1CCN(C(=O)c2ccc(NS(=O)(=O)c3ccc(N)cc3-c3cccc4cccnc34)cc2)CC1. The van der Waals surface area contributed by atoms with Crippen molar-refractivity contribution < 1.29 is 13.2 Å². The van der Waals surface area contributed by atoms with E-state index in [1.807, 2.05) is 53.4 Å². The van der Waals surface area contributed by atoms with Crippen LogP contribution in [-0.2, 0) is 10.0 Å². The fraction of sp³-hybridized carbons (Fsp3) is 0.176. The molecular weight excluding hydrogens is 558 g/mol. The maximum atomic E-state index is 13.6. The molecule has 6 rings (SSSR count). The molecule has 5 aromatic rings. The predicted molar refractivity (Wildman–Crippen MR) is 171 cm³/mol. The summed E-state index contributed by atoms with van der Waals surface area (Å²) in [5.74, 6) is -0.0642. The van der Waals surface area contributed by atoms with E-state index in [-0.39, 0.29) is 16.8 Å². The number of hydrogen-bond acceptors (Lipinski definition) is 6. The standard InChI is InChI=1S/C34H33N5O3S/c1-24(25-7-3-2-4-8-25)38-19-21-39(22-20-38)34(40)27-12-15-29(16-13-27)37-43(41,42)32-17-14-28(35)23-31(32)30-11-5-9-26-10-6-18-36-33(26)30/h2-18,23-24,37H,19-22,35H2,1H3/t24-/m0/s1. The van der Waals surface area contributed by atoms with Crippen LogP contribution in [0.2, 0.25) is 0 Å². The summed E-state index contributed by atoms with van der Waals surface area (Å²) in [6, 6.07) is 31.4. The van der Waals surface area contributed by atoms with Crippen LogP contribution >= 0.6 is 0 Å². The first kappa shape index (κ1) is 28.4. The van der Waals surface area contributed by atoms with Crippen LogP contribution in [0.1, 0.15) is 28.9 Å². The molecule has 0 radical (unpaired) electrons. The van der Waals surface area contributed by atoms with Gasteiger partial charge in [0.15, 0.2) is 0 Å². The van der Waals surface area contributed by atoms with Crippen molar-refractivity contribution in [1.29, 1.82) is 0 Å². The molecule has 9 heteroatoms. The molecule has 8 nitrogen and oxygen atoms in total.